The molecule has 2 nitrogen and oxygen atoms in total. The number of nitrogens with zero attached hydrogens (tertiary/aromatic N) is 1. The van der Waals surface area contributed by atoms with Crippen molar-refractivity contribution in [1.82, 2.24) is 4.98 Å². The number of hydrogen-bond acceptors (Lipinski definition) is 2. The van der Waals surface area contributed by atoms with Crippen LogP contribution >= 0.6 is 22.6 Å². The highest BCUT2D eigenvalue weighted by molar-refractivity contribution is 14.1. The maximum absolute atomic E-state index is 12.5. The molecule has 0 bridgehead atoms. The predicted octanol–water partition coefficient (Wildman–Crippen LogP) is 3.65. The van der Waals surface area contributed by atoms with Gasteiger partial charge >= 0.3 is 6.18 Å². The van der Waals surface area contributed by atoms with Crippen LogP contribution in [0.1, 0.15) is 17.7 Å². The van der Waals surface area contributed by atoms with Gasteiger partial charge in [-0.3, -0.25) is 0 Å². The van der Waals surface area contributed by atoms with E-state index in [1.54, 1.807) is 0 Å². The minimum absolute atomic E-state index is 0.166. The highest BCUT2D eigenvalue weighted by atomic mass is 127. The number of pyridine rings is 1. The SMILES string of the molecule is COc1c(C(F)(F)F)cc(I)nc1C(F)F. The molecule has 0 fully saturated rings. The molecule has 0 atom stereocenters. The van der Waals surface area contributed by atoms with E-state index in [2.05, 4.69) is 9.72 Å². The van der Waals surface area contributed by atoms with Gasteiger partial charge in [-0.25, -0.2) is 13.8 Å². The molecule has 16 heavy (non-hydrogen) atoms. The van der Waals surface area contributed by atoms with Gasteiger partial charge in [0.2, 0.25) is 0 Å². The first-order valence-corrected chi connectivity index (χ1v) is 4.95. The van der Waals surface area contributed by atoms with E-state index in [0.29, 0.717) is 6.07 Å². The van der Waals surface area contributed by atoms with E-state index in [4.69, 9.17) is 0 Å². The summed E-state index contributed by atoms with van der Waals surface area (Å²) in [5.41, 5.74) is -2.24. The zero-order valence-electron chi connectivity index (χ0n) is 7.78. The smallest absolute Gasteiger partial charge is 0.420 e. The number of hydrogen-bond donors (Lipinski definition) is 0. The third-order valence-electron chi connectivity index (χ3n) is 1.68. The zero-order valence-corrected chi connectivity index (χ0v) is 9.94. The van der Waals surface area contributed by atoms with E-state index in [1.165, 1.54) is 22.6 Å². The Morgan fingerprint density at radius 1 is 1.38 bits per heavy atom. The van der Waals surface area contributed by atoms with Crippen LogP contribution in [0.3, 0.4) is 0 Å². The Balaban J connectivity index is 3.49. The predicted molar refractivity (Wildman–Crippen MR) is 53.5 cm³/mol. The van der Waals surface area contributed by atoms with E-state index in [-0.39, 0.29) is 3.70 Å². The number of halogens is 6. The summed E-state index contributed by atoms with van der Waals surface area (Å²) in [4.78, 5) is 3.33. The molecule has 0 aliphatic rings. The average molecular weight is 353 g/mol. The molecule has 0 saturated carbocycles. The Morgan fingerprint density at radius 2 is 1.94 bits per heavy atom. The molecule has 90 valence electrons. The van der Waals surface area contributed by atoms with Crippen molar-refractivity contribution in [3.8, 4) is 5.75 Å². The highest BCUT2D eigenvalue weighted by Crippen LogP contribution is 2.40. The quantitative estimate of drug-likeness (QED) is 0.460. The molecule has 1 rings (SSSR count). The molecule has 1 aromatic rings. The first-order valence-electron chi connectivity index (χ1n) is 3.87. The second-order valence-electron chi connectivity index (χ2n) is 2.71. The second-order valence-corrected chi connectivity index (χ2v) is 3.81. The maximum Gasteiger partial charge on any atom is 0.420 e. The average Bonchev–Trinajstić information content (AvgIpc) is 2.14. The molecule has 0 N–H and O–H groups in total. The standard InChI is InChI=1S/C8H5F5INO/c1-16-6-3(8(11,12)13)2-4(14)15-5(6)7(9)10/h2,7H,1H3. The fourth-order valence-corrected chi connectivity index (χ4v) is 1.67. The Bertz CT molecular complexity index is 393. The molecule has 0 spiro atoms. The summed E-state index contributed by atoms with van der Waals surface area (Å²) in [5, 5.41) is 0. The first-order chi connectivity index (χ1) is 7.27. The van der Waals surface area contributed by atoms with E-state index in [1.807, 2.05) is 0 Å². The monoisotopic (exact) mass is 353 g/mol. The molecule has 8 heteroatoms. The Hall–Kier alpha value is -0.670. The van der Waals surface area contributed by atoms with Crippen molar-refractivity contribution in [3.05, 3.63) is 21.0 Å². The van der Waals surface area contributed by atoms with Crippen LogP contribution in [0, 0.1) is 3.70 Å². The summed E-state index contributed by atoms with van der Waals surface area (Å²) >= 11 is 1.44. The van der Waals surface area contributed by atoms with Gasteiger partial charge in [-0.15, -0.1) is 0 Å². The van der Waals surface area contributed by atoms with Crippen molar-refractivity contribution >= 4 is 22.6 Å². The molecular formula is C8H5F5INO. The van der Waals surface area contributed by atoms with Gasteiger partial charge in [0.05, 0.1) is 7.11 Å². The Morgan fingerprint density at radius 3 is 2.31 bits per heavy atom. The lowest BCUT2D eigenvalue weighted by molar-refractivity contribution is -0.139. The summed E-state index contributed by atoms with van der Waals surface area (Å²) in [6, 6.07) is 0.658. The van der Waals surface area contributed by atoms with Crippen molar-refractivity contribution < 1.29 is 26.7 Å². The lowest BCUT2D eigenvalue weighted by Gasteiger charge is -2.15. The molecule has 0 unspecified atom stereocenters. The van der Waals surface area contributed by atoms with Crippen molar-refractivity contribution in [2.45, 2.75) is 12.6 Å². The highest BCUT2D eigenvalue weighted by Gasteiger charge is 2.37. The summed E-state index contributed by atoms with van der Waals surface area (Å²) in [7, 11) is 0.894. The van der Waals surface area contributed by atoms with Crippen molar-refractivity contribution in [1.29, 1.82) is 0 Å². The summed E-state index contributed by atoms with van der Waals surface area (Å²) in [5.74, 6) is -0.928. The van der Waals surface area contributed by atoms with E-state index >= 15 is 0 Å². The molecule has 0 saturated heterocycles. The van der Waals surface area contributed by atoms with Gasteiger partial charge in [-0.2, -0.15) is 13.2 Å². The Labute approximate surface area is 101 Å². The lowest BCUT2D eigenvalue weighted by Crippen LogP contribution is -2.11. The second kappa shape index (κ2) is 4.68. The van der Waals surface area contributed by atoms with Gasteiger partial charge in [0, 0.05) is 0 Å². The van der Waals surface area contributed by atoms with Gasteiger partial charge in [0.25, 0.3) is 6.43 Å². The van der Waals surface area contributed by atoms with Crippen LogP contribution < -0.4 is 4.74 Å². The van der Waals surface area contributed by atoms with Crippen LogP contribution in [0.25, 0.3) is 0 Å². The van der Waals surface area contributed by atoms with Crippen LogP contribution in [0.5, 0.6) is 5.75 Å². The van der Waals surface area contributed by atoms with E-state index in [9.17, 15) is 22.0 Å². The molecule has 0 aliphatic heterocycles. The Kier molecular flexibility index (Phi) is 3.92. The zero-order chi connectivity index (χ0) is 12.5. The van der Waals surface area contributed by atoms with Crippen LogP contribution in [0.4, 0.5) is 22.0 Å². The molecule has 0 radical (unpaired) electrons. The number of ether oxygens (including phenoxy) is 1. The number of aromatic nitrogens is 1. The summed E-state index contributed by atoms with van der Waals surface area (Å²) in [6.07, 6.45) is -7.87. The minimum Gasteiger partial charge on any atom is -0.494 e. The molecular weight excluding hydrogens is 348 g/mol. The van der Waals surface area contributed by atoms with Crippen molar-refractivity contribution in [2.75, 3.05) is 7.11 Å². The maximum atomic E-state index is 12.5. The van der Waals surface area contributed by atoms with Crippen LogP contribution in [-0.4, -0.2) is 12.1 Å². The first kappa shape index (κ1) is 13.4. The number of methoxy groups -OCH3 is 1. The third kappa shape index (κ3) is 2.71. The summed E-state index contributed by atoms with van der Waals surface area (Å²) < 4.78 is 66.6. The molecule has 1 heterocycles. The largest absolute Gasteiger partial charge is 0.494 e. The van der Waals surface area contributed by atoms with E-state index in [0.717, 1.165) is 7.11 Å². The molecule has 0 amide bonds. The third-order valence-corrected chi connectivity index (χ3v) is 2.24. The van der Waals surface area contributed by atoms with Crippen LogP contribution in [0.2, 0.25) is 0 Å². The van der Waals surface area contributed by atoms with Crippen molar-refractivity contribution in [3.63, 3.8) is 0 Å². The normalized spacial score (nSPS) is 12.0. The molecule has 1 aromatic heterocycles. The topological polar surface area (TPSA) is 22.1 Å². The lowest BCUT2D eigenvalue weighted by atomic mass is 10.2. The van der Waals surface area contributed by atoms with Crippen molar-refractivity contribution in [2.24, 2.45) is 0 Å². The minimum atomic E-state index is -4.75. The van der Waals surface area contributed by atoms with Gasteiger partial charge in [-0.05, 0) is 28.7 Å². The molecule has 0 aromatic carbocycles. The van der Waals surface area contributed by atoms with Gasteiger partial charge in [0.15, 0.2) is 5.75 Å². The van der Waals surface area contributed by atoms with Crippen LogP contribution in [-0.2, 0) is 6.18 Å². The van der Waals surface area contributed by atoms with Gasteiger partial charge < -0.3 is 4.74 Å². The number of alkyl halides is 5. The van der Waals surface area contributed by atoms with Crippen LogP contribution in [0.15, 0.2) is 6.07 Å². The summed E-state index contributed by atoms with van der Waals surface area (Å²) in [6.45, 7) is 0. The fourth-order valence-electron chi connectivity index (χ4n) is 1.09. The fraction of sp³-hybridized carbons (Fsp3) is 0.375. The van der Waals surface area contributed by atoms with Gasteiger partial charge in [0.1, 0.15) is 15.0 Å². The van der Waals surface area contributed by atoms with E-state index < -0.39 is 29.6 Å². The number of rotatable bonds is 2. The van der Waals surface area contributed by atoms with Gasteiger partial charge in [-0.1, -0.05) is 0 Å². The molecule has 0 aliphatic carbocycles.